The summed E-state index contributed by atoms with van der Waals surface area (Å²) < 4.78 is 0. The number of rotatable bonds is 2. The lowest BCUT2D eigenvalue weighted by molar-refractivity contribution is -0.129. The van der Waals surface area contributed by atoms with Crippen LogP contribution in [0.4, 0.5) is 0 Å². The highest BCUT2D eigenvalue weighted by atomic mass is 32.1. The fourth-order valence-electron chi connectivity index (χ4n) is 3.59. The molecule has 130 valence electrons. The molecule has 2 fully saturated rings. The van der Waals surface area contributed by atoms with Crippen molar-refractivity contribution in [2.75, 3.05) is 19.6 Å². The van der Waals surface area contributed by atoms with E-state index in [0.717, 1.165) is 31.5 Å². The molecule has 2 aromatic heterocycles. The number of thiazole rings is 1. The molecule has 0 radical (unpaired) electrons. The Morgan fingerprint density at radius 2 is 2.08 bits per heavy atom. The molecule has 0 aliphatic carbocycles. The fourth-order valence-corrected chi connectivity index (χ4v) is 4.58. The quantitative estimate of drug-likeness (QED) is 0.883. The Morgan fingerprint density at radius 3 is 2.72 bits per heavy atom. The summed E-state index contributed by atoms with van der Waals surface area (Å²) in [5.74, 6) is 0.150. The maximum atomic E-state index is 12.9. The number of likely N-dealkylation sites (tertiary alicyclic amines) is 1. The first-order valence-electron chi connectivity index (χ1n) is 8.40. The first-order chi connectivity index (χ1) is 12.1. The predicted octanol–water partition coefficient (Wildman–Crippen LogP) is 1.65. The second-order valence-electron chi connectivity index (χ2n) is 6.60. The van der Waals surface area contributed by atoms with Crippen molar-refractivity contribution in [2.24, 2.45) is 5.41 Å². The first-order valence-corrected chi connectivity index (χ1v) is 9.22. The van der Waals surface area contributed by atoms with Crippen LogP contribution in [0.25, 0.3) is 10.7 Å². The molecule has 1 N–H and O–H groups in total. The van der Waals surface area contributed by atoms with Crippen LogP contribution in [0.5, 0.6) is 0 Å². The monoisotopic (exact) mass is 357 g/mol. The van der Waals surface area contributed by atoms with Gasteiger partial charge in [-0.25, -0.2) is 4.98 Å². The average molecular weight is 357 g/mol. The van der Waals surface area contributed by atoms with Gasteiger partial charge < -0.3 is 10.2 Å². The summed E-state index contributed by atoms with van der Waals surface area (Å²) in [6.45, 7) is 3.83. The van der Waals surface area contributed by atoms with Crippen molar-refractivity contribution in [2.45, 2.75) is 26.2 Å². The molecule has 25 heavy (non-hydrogen) atoms. The summed E-state index contributed by atoms with van der Waals surface area (Å²) in [5.41, 5.74) is 1.13. The molecule has 4 rings (SSSR count). The number of nitrogens with zero attached hydrogens (tertiary/aromatic N) is 4. The number of hydrogen-bond acceptors (Lipinski definition) is 6. The lowest BCUT2D eigenvalue weighted by atomic mass is 9.77. The Bertz CT molecular complexity index is 812. The zero-order valence-electron chi connectivity index (χ0n) is 14.0. The molecule has 2 aliphatic rings. The zero-order chi connectivity index (χ0) is 17.4. The summed E-state index contributed by atoms with van der Waals surface area (Å²) in [7, 11) is 0. The van der Waals surface area contributed by atoms with E-state index in [1.165, 1.54) is 11.3 Å². The normalized spacial score (nSPS) is 19.2. The van der Waals surface area contributed by atoms with Crippen LogP contribution in [0.2, 0.25) is 0 Å². The lowest BCUT2D eigenvalue weighted by Crippen LogP contribution is -2.46. The number of carbonyl (C=O) groups is 2. The van der Waals surface area contributed by atoms with Crippen LogP contribution >= 0.6 is 11.3 Å². The number of hydrogen-bond donors (Lipinski definition) is 1. The van der Waals surface area contributed by atoms with Crippen LogP contribution in [0.15, 0.2) is 18.6 Å². The van der Waals surface area contributed by atoms with Crippen LogP contribution in [-0.4, -0.2) is 51.3 Å². The number of nitrogens with one attached hydrogen (secondary N) is 1. The number of amides is 2. The van der Waals surface area contributed by atoms with E-state index in [2.05, 4.69) is 20.3 Å². The Kier molecular flexibility index (Phi) is 3.99. The van der Waals surface area contributed by atoms with Crippen molar-refractivity contribution in [3.63, 3.8) is 0 Å². The molecule has 7 nitrogen and oxygen atoms in total. The van der Waals surface area contributed by atoms with Crippen LogP contribution < -0.4 is 5.32 Å². The molecule has 0 unspecified atom stereocenters. The van der Waals surface area contributed by atoms with Crippen molar-refractivity contribution in [3.05, 3.63) is 29.2 Å². The lowest BCUT2D eigenvalue weighted by Gasteiger charge is -2.37. The molecule has 0 atom stereocenters. The average Bonchev–Trinajstić information content (AvgIpc) is 3.19. The second-order valence-corrected chi connectivity index (χ2v) is 7.60. The minimum atomic E-state index is -0.260. The summed E-state index contributed by atoms with van der Waals surface area (Å²) in [5, 5.41) is 3.63. The molecule has 2 aromatic rings. The van der Waals surface area contributed by atoms with Gasteiger partial charge in [-0.05, 0) is 26.2 Å². The van der Waals surface area contributed by atoms with Crippen LogP contribution in [-0.2, 0) is 4.79 Å². The largest absolute Gasteiger partial charge is 0.356 e. The van der Waals surface area contributed by atoms with Crippen molar-refractivity contribution in [1.29, 1.82) is 0 Å². The van der Waals surface area contributed by atoms with E-state index in [1.54, 1.807) is 18.6 Å². The summed E-state index contributed by atoms with van der Waals surface area (Å²) in [4.78, 5) is 40.3. The molecule has 0 saturated carbocycles. The minimum absolute atomic E-state index is 0.00149. The predicted molar refractivity (Wildman–Crippen MR) is 93.1 cm³/mol. The molecule has 2 aliphatic heterocycles. The van der Waals surface area contributed by atoms with Crippen molar-refractivity contribution >= 4 is 23.2 Å². The molecule has 0 aromatic carbocycles. The minimum Gasteiger partial charge on any atom is -0.356 e. The number of carbonyl (C=O) groups excluding carboxylic acids is 2. The maximum Gasteiger partial charge on any atom is 0.265 e. The van der Waals surface area contributed by atoms with Gasteiger partial charge in [0.1, 0.15) is 15.6 Å². The number of aromatic nitrogens is 3. The van der Waals surface area contributed by atoms with Crippen molar-refractivity contribution in [1.82, 2.24) is 25.2 Å². The Balaban J connectivity index is 1.51. The number of aryl methyl sites for hydroxylation is 1. The van der Waals surface area contributed by atoms with E-state index in [0.29, 0.717) is 28.7 Å². The second kappa shape index (κ2) is 6.18. The molecule has 1 spiro atoms. The molecule has 4 heterocycles. The van der Waals surface area contributed by atoms with E-state index in [4.69, 9.17) is 0 Å². The van der Waals surface area contributed by atoms with E-state index >= 15 is 0 Å². The molecule has 2 amide bonds. The first kappa shape index (κ1) is 16.1. The zero-order valence-corrected chi connectivity index (χ0v) is 14.8. The third-order valence-corrected chi connectivity index (χ3v) is 6.32. The summed E-state index contributed by atoms with van der Waals surface area (Å²) in [6, 6.07) is 0. The van der Waals surface area contributed by atoms with Gasteiger partial charge in [0.05, 0.1) is 17.3 Å². The molecule has 0 bridgehead atoms. The summed E-state index contributed by atoms with van der Waals surface area (Å²) in [6.07, 6.45) is 7.22. The van der Waals surface area contributed by atoms with E-state index < -0.39 is 0 Å². The summed E-state index contributed by atoms with van der Waals surface area (Å²) >= 11 is 1.35. The van der Waals surface area contributed by atoms with Gasteiger partial charge in [0.15, 0.2) is 0 Å². The van der Waals surface area contributed by atoms with Crippen LogP contribution in [0.3, 0.4) is 0 Å². The van der Waals surface area contributed by atoms with Gasteiger partial charge in [-0.15, -0.1) is 11.3 Å². The highest BCUT2D eigenvalue weighted by Gasteiger charge is 2.45. The molecule has 8 heteroatoms. The van der Waals surface area contributed by atoms with Gasteiger partial charge in [-0.2, -0.15) is 0 Å². The van der Waals surface area contributed by atoms with Crippen molar-refractivity contribution < 1.29 is 9.59 Å². The maximum absolute atomic E-state index is 12.9. The number of piperidine rings is 1. The highest BCUT2D eigenvalue weighted by Crippen LogP contribution is 2.38. The van der Waals surface area contributed by atoms with Gasteiger partial charge in [0.25, 0.3) is 5.91 Å². The Hall–Kier alpha value is -2.35. The molecule has 2 saturated heterocycles. The topological polar surface area (TPSA) is 88.1 Å². The van der Waals surface area contributed by atoms with E-state index in [-0.39, 0.29) is 17.2 Å². The van der Waals surface area contributed by atoms with Gasteiger partial charge in [0.2, 0.25) is 5.91 Å². The van der Waals surface area contributed by atoms with Gasteiger partial charge in [0, 0.05) is 32.0 Å². The SMILES string of the molecule is Cc1nc(-c2cnccn2)sc1C(=O)N1CCC2(CCNC2=O)CC1. The van der Waals surface area contributed by atoms with E-state index in [1.807, 2.05) is 11.8 Å². The molecular formula is C17H19N5O2S. The highest BCUT2D eigenvalue weighted by molar-refractivity contribution is 7.17. The van der Waals surface area contributed by atoms with Crippen LogP contribution in [0.1, 0.15) is 34.6 Å². The van der Waals surface area contributed by atoms with Crippen molar-refractivity contribution in [3.8, 4) is 10.7 Å². The van der Waals surface area contributed by atoms with Gasteiger partial charge >= 0.3 is 0 Å². The smallest absolute Gasteiger partial charge is 0.265 e. The molecular weight excluding hydrogens is 338 g/mol. The fraction of sp³-hybridized carbons (Fsp3) is 0.471. The van der Waals surface area contributed by atoms with Crippen LogP contribution in [0, 0.1) is 12.3 Å². The van der Waals surface area contributed by atoms with Gasteiger partial charge in [-0.1, -0.05) is 0 Å². The standard InChI is InChI=1S/C17H19N5O2S/c1-11-13(25-14(21-11)12-10-18-6-7-19-12)15(23)22-8-3-17(4-9-22)2-5-20-16(17)24/h6-7,10H,2-5,8-9H2,1H3,(H,20,24). The Labute approximate surface area is 149 Å². The Morgan fingerprint density at radius 1 is 1.28 bits per heavy atom. The third kappa shape index (κ3) is 2.80. The van der Waals surface area contributed by atoms with E-state index in [9.17, 15) is 9.59 Å². The third-order valence-electron chi connectivity index (χ3n) is 5.15. The van der Waals surface area contributed by atoms with Gasteiger partial charge in [-0.3, -0.25) is 19.6 Å².